The summed E-state index contributed by atoms with van der Waals surface area (Å²) in [5, 5.41) is 3.84. The van der Waals surface area contributed by atoms with Crippen molar-refractivity contribution in [3.8, 4) is 16.9 Å². The summed E-state index contributed by atoms with van der Waals surface area (Å²) >= 11 is 1.53. The third-order valence-corrected chi connectivity index (χ3v) is 3.16. The summed E-state index contributed by atoms with van der Waals surface area (Å²) in [6.07, 6.45) is -2.88. The average Bonchev–Trinajstić information content (AvgIpc) is 2.89. The van der Waals surface area contributed by atoms with Gasteiger partial charge < -0.3 is 4.74 Å². The van der Waals surface area contributed by atoms with Crippen molar-refractivity contribution in [2.75, 3.05) is 6.61 Å². The maximum absolute atomic E-state index is 12.2. The summed E-state index contributed by atoms with van der Waals surface area (Å²) in [4.78, 5) is 0. The molecule has 0 bridgehead atoms. The van der Waals surface area contributed by atoms with Gasteiger partial charge in [0.15, 0.2) is 6.61 Å². The third kappa shape index (κ3) is 3.61. The zero-order valence-corrected chi connectivity index (χ0v) is 10.7. The molecule has 0 aliphatic carbocycles. The second kappa shape index (κ2) is 5.48. The highest BCUT2D eigenvalue weighted by Crippen LogP contribution is 2.30. The van der Waals surface area contributed by atoms with Crippen LogP contribution in [0.25, 0.3) is 17.2 Å². The Labute approximate surface area is 113 Å². The zero-order valence-electron chi connectivity index (χ0n) is 9.91. The Balaban J connectivity index is 2.29. The number of rotatable bonds is 4. The molecule has 1 aromatic heterocycles. The molecule has 5 heteroatoms. The fourth-order valence-corrected chi connectivity index (χ4v) is 2.26. The summed E-state index contributed by atoms with van der Waals surface area (Å²) in [7, 11) is 0. The molecule has 0 unspecified atom stereocenters. The topological polar surface area (TPSA) is 9.23 Å². The van der Waals surface area contributed by atoms with Crippen LogP contribution in [-0.4, -0.2) is 12.8 Å². The van der Waals surface area contributed by atoms with E-state index in [0.717, 1.165) is 11.1 Å². The van der Waals surface area contributed by atoms with Crippen LogP contribution in [0.2, 0.25) is 0 Å². The molecule has 19 heavy (non-hydrogen) atoms. The SMILES string of the molecule is C=Cc1ccc(-c2ccsc2)cc1OCC(F)(F)F. The van der Waals surface area contributed by atoms with Crippen molar-refractivity contribution in [1.29, 1.82) is 0 Å². The van der Waals surface area contributed by atoms with Crippen LogP contribution in [0.15, 0.2) is 41.6 Å². The molecule has 0 saturated carbocycles. The van der Waals surface area contributed by atoms with Gasteiger partial charge in [-0.2, -0.15) is 24.5 Å². The van der Waals surface area contributed by atoms with Crippen molar-refractivity contribution in [3.05, 3.63) is 47.2 Å². The van der Waals surface area contributed by atoms with Crippen LogP contribution in [0.1, 0.15) is 5.56 Å². The van der Waals surface area contributed by atoms with Gasteiger partial charge in [0, 0.05) is 5.56 Å². The monoisotopic (exact) mass is 284 g/mol. The van der Waals surface area contributed by atoms with Gasteiger partial charge in [0.1, 0.15) is 5.75 Å². The molecule has 0 radical (unpaired) electrons. The second-order valence-corrected chi connectivity index (χ2v) is 4.65. The zero-order chi connectivity index (χ0) is 13.9. The number of ether oxygens (including phenoxy) is 1. The molecule has 0 spiro atoms. The molecule has 0 atom stereocenters. The molecule has 1 aromatic carbocycles. The number of benzene rings is 1. The predicted octanol–water partition coefficient (Wildman–Crippen LogP) is 5.00. The summed E-state index contributed by atoms with van der Waals surface area (Å²) in [6, 6.07) is 7.04. The minimum atomic E-state index is -4.35. The standard InChI is InChI=1S/C14H11F3OS/c1-2-10-3-4-11(12-5-6-19-8-12)7-13(10)18-9-14(15,16)17/h2-8H,1,9H2. The molecule has 0 saturated heterocycles. The first kappa shape index (κ1) is 13.7. The van der Waals surface area contributed by atoms with Gasteiger partial charge in [0.2, 0.25) is 0 Å². The summed E-state index contributed by atoms with van der Waals surface area (Å²) in [6.45, 7) is 2.26. The summed E-state index contributed by atoms with van der Waals surface area (Å²) in [5.74, 6) is 0.191. The summed E-state index contributed by atoms with van der Waals surface area (Å²) in [5.41, 5.74) is 2.32. The lowest BCUT2D eigenvalue weighted by atomic mass is 10.1. The maximum Gasteiger partial charge on any atom is 0.422 e. The quantitative estimate of drug-likeness (QED) is 0.767. The molecule has 0 amide bonds. The largest absolute Gasteiger partial charge is 0.483 e. The second-order valence-electron chi connectivity index (χ2n) is 3.87. The van der Waals surface area contributed by atoms with E-state index in [0.29, 0.717) is 5.56 Å². The Bertz CT molecular complexity index is 559. The minimum Gasteiger partial charge on any atom is -0.483 e. The van der Waals surface area contributed by atoms with E-state index in [9.17, 15) is 13.2 Å². The fraction of sp³-hybridized carbons (Fsp3) is 0.143. The van der Waals surface area contributed by atoms with Crippen LogP contribution in [0, 0.1) is 0 Å². The first-order valence-electron chi connectivity index (χ1n) is 5.48. The predicted molar refractivity (Wildman–Crippen MR) is 71.4 cm³/mol. The number of hydrogen-bond acceptors (Lipinski definition) is 2. The Morgan fingerprint density at radius 3 is 2.58 bits per heavy atom. The van der Waals surface area contributed by atoms with Gasteiger partial charge in [-0.05, 0) is 34.0 Å². The van der Waals surface area contributed by atoms with Crippen molar-refractivity contribution in [2.45, 2.75) is 6.18 Å². The van der Waals surface area contributed by atoms with Gasteiger partial charge in [0.05, 0.1) is 0 Å². The van der Waals surface area contributed by atoms with Gasteiger partial charge in [-0.15, -0.1) is 0 Å². The smallest absolute Gasteiger partial charge is 0.422 e. The van der Waals surface area contributed by atoms with Crippen LogP contribution in [0.5, 0.6) is 5.75 Å². The van der Waals surface area contributed by atoms with E-state index in [1.165, 1.54) is 17.4 Å². The average molecular weight is 284 g/mol. The van der Waals surface area contributed by atoms with Crippen molar-refractivity contribution < 1.29 is 17.9 Å². The first-order chi connectivity index (χ1) is 8.99. The Morgan fingerprint density at radius 1 is 1.21 bits per heavy atom. The first-order valence-corrected chi connectivity index (χ1v) is 6.42. The lowest BCUT2D eigenvalue weighted by Gasteiger charge is -2.12. The maximum atomic E-state index is 12.2. The van der Waals surface area contributed by atoms with E-state index in [1.807, 2.05) is 22.9 Å². The molecular weight excluding hydrogens is 273 g/mol. The molecule has 1 nitrogen and oxygen atoms in total. The highest BCUT2D eigenvalue weighted by atomic mass is 32.1. The highest BCUT2D eigenvalue weighted by molar-refractivity contribution is 7.08. The Kier molecular flexibility index (Phi) is 3.95. The molecule has 100 valence electrons. The molecule has 0 fully saturated rings. The van der Waals surface area contributed by atoms with E-state index in [4.69, 9.17) is 4.74 Å². The van der Waals surface area contributed by atoms with E-state index < -0.39 is 12.8 Å². The molecule has 2 rings (SSSR count). The number of thiophene rings is 1. The van der Waals surface area contributed by atoms with Gasteiger partial charge >= 0.3 is 6.18 Å². The molecule has 1 heterocycles. The summed E-state index contributed by atoms with van der Waals surface area (Å²) < 4.78 is 41.4. The number of halogens is 3. The Morgan fingerprint density at radius 2 is 2.00 bits per heavy atom. The van der Waals surface area contributed by atoms with Crippen LogP contribution in [0.3, 0.4) is 0 Å². The van der Waals surface area contributed by atoms with Gasteiger partial charge in [-0.1, -0.05) is 24.8 Å². The highest BCUT2D eigenvalue weighted by Gasteiger charge is 2.28. The van der Waals surface area contributed by atoms with Crippen molar-refractivity contribution >= 4 is 17.4 Å². The van der Waals surface area contributed by atoms with Gasteiger partial charge in [-0.25, -0.2) is 0 Å². The van der Waals surface area contributed by atoms with Crippen molar-refractivity contribution in [2.24, 2.45) is 0 Å². The Hall–Kier alpha value is -1.75. The van der Waals surface area contributed by atoms with Gasteiger partial charge in [-0.3, -0.25) is 0 Å². The van der Waals surface area contributed by atoms with Crippen LogP contribution < -0.4 is 4.74 Å². The lowest BCUT2D eigenvalue weighted by Crippen LogP contribution is -2.19. The van der Waals surface area contributed by atoms with Crippen LogP contribution in [0.4, 0.5) is 13.2 Å². The van der Waals surface area contributed by atoms with Crippen molar-refractivity contribution in [1.82, 2.24) is 0 Å². The van der Waals surface area contributed by atoms with Gasteiger partial charge in [0.25, 0.3) is 0 Å². The lowest BCUT2D eigenvalue weighted by molar-refractivity contribution is -0.153. The van der Waals surface area contributed by atoms with E-state index in [2.05, 4.69) is 6.58 Å². The van der Waals surface area contributed by atoms with E-state index in [1.54, 1.807) is 12.1 Å². The molecule has 2 aromatic rings. The normalized spacial score (nSPS) is 11.3. The number of hydrogen-bond donors (Lipinski definition) is 0. The minimum absolute atomic E-state index is 0.191. The van der Waals surface area contributed by atoms with Crippen LogP contribution >= 0.6 is 11.3 Å². The van der Waals surface area contributed by atoms with Crippen molar-refractivity contribution in [3.63, 3.8) is 0 Å². The molecule has 0 aliphatic rings. The van der Waals surface area contributed by atoms with Crippen LogP contribution in [-0.2, 0) is 0 Å². The number of alkyl halides is 3. The molecule has 0 aliphatic heterocycles. The fourth-order valence-electron chi connectivity index (χ4n) is 1.60. The van der Waals surface area contributed by atoms with E-state index >= 15 is 0 Å². The molecule has 0 N–H and O–H groups in total. The van der Waals surface area contributed by atoms with E-state index in [-0.39, 0.29) is 5.75 Å². The molecular formula is C14H11F3OS. The third-order valence-electron chi connectivity index (χ3n) is 2.48.